The molecule has 2 unspecified atom stereocenters. The summed E-state index contributed by atoms with van der Waals surface area (Å²) in [6.07, 6.45) is -0.0198. The highest BCUT2D eigenvalue weighted by atomic mass is 32.2. The molecule has 3 aromatic rings. The molecular formula is C31H32N2O7S. The van der Waals surface area contributed by atoms with Gasteiger partial charge in [0.15, 0.2) is 0 Å². The van der Waals surface area contributed by atoms with Gasteiger partial charge in [0, 0.05) is 12.1 Å². The Morgan fingerprint density at radius 1 is 0.902 bits per heavy atom. The van der Waals surface area contributed by atoms with Gasteiger partial charge in [0.2, 0.25) is 5.91 Å². The zero-order valence-corrected chi connectivity index (χ0v) is 24.1. The van der Waals surface area contributed by atoms with Crippen molar-refractivity contribution in [3.05, 3.63) is 90.0 Å². The molecule has 0 aromatic heterocycles. The van der Waals surface area contributed by atoms with E-state index >= 15 is 0 Å². The summed E-state index contributed by atoms with van der Waals surface area (Å²) < 4.78 is 16.7. The molecule has 0 saturated carbocycles. The Balaban J connectivity index is 1.46. The van der Waals surface area contributed by atoms with Crippen LogP contribution in [0.5, 0.6) is 11.5 Å². The molecule has 10 heteroatoms. The number of nitrogens with zero attached hydrogens (tertiary/aromatic N) is 1. The zero-order valence-electron chi connectivity index (χ0n) is 23.3. The van der Waals surface area contributed by atoms with Gasteiger partial charge in [0.1, 0.15) is 23.1 Å². The third kappa shape index (κ3) is 8.11. The quantitative estimate of drug-likeness (QED) is 0.314. The molecule has 3 aromatic carbocycles. The van der Waals surface area contributed by atoms with E-state index in [1.807, 2.05) is 30.3 Å². The van der Waals surface area contributed by atoms with E-state index in [2.05, 4.69) is 5.32 Å². The molecule has 1 saturated heterocycles. The lowest BCUT2D eigenvalue weighted by molar-refractivity contribution is -0.142. The minimum atomic E-state index is -0.966. The van der Waals surface area contributed by atoms with E-state index in [1.54, 1.807) is 69.3 Å². The van der Waals surface area contributed by atoms with E-state index in [4.69, 9.17) is 14.2 Å². The van der Waals surface area contributed by atoms with Crippen LogP contribution in [0.1, 0.15) is 31.9 Å². The molecule has 0 radical (unpaired) electrons. The van der Waals surface area contributed by atoms with Gasteiger partial charge in [-0.25, -0.2) is 9.59 Å². The number of hydrogen-bond donors (Lipinski definition) is 1. The van der Waals surface area contributed by atoms with Crippen LogP contribution in [-0.4, -0.2) is 47.2 Å². The number of rotatable bonds is 9. The first-order chi connectivity index (χ1) is 19.5. The van der Waals surface area contributed by atoms with Crippen molar-refractivity contribution in [1.82, 2.24) is 5.32 Å². The van der Waals surface area contributed by atoms with Crippen molar-refractivity contribution in [2.45, 2.75) is 50.5 Å². The molecule has 9 nitrogen and oxygen atoms in total. The average molecular weight is 577 g/mol. The third-order valence-corrected chi connectivity index (χ3v) is 7.09. The maximum Gasteiger partial charge on any atom is 0.415 e. The summed E-state index contributed by atoms with van der Waals surface area (Å²) in [5.74, 6) is 0.346. The van der Waals surface area contributed by atoms with Gasteiger partial charge in [0.25, 0.3) is 5.24 Å². The molecular weight excluding hydrogens is 544 g/mol. The first kappa shape index (κ1) is 29.7. The van der Waals surface area contributed by atoms with Crippen LogP contribution in [0.4, 0.5) is 15.3 Å². The molecule has 1 N–H and O–H groups in total. The average Bonchev–Trinajstić information content (AvgIpc) is 3.25. The smallest absolute Gasteiger partial charge is 0.415 e. The summed E-state index contributed by atoms with van der Waals surface area (Å²) in [6.45, 7) is 5.30. The van der Waals surface area contributed by atoms with Crippen LogP contribution >= 0.6 is 11.8 Å². The number of hydrogen-bond acceptors (Lipinski definition) is 8. The minimum Gasteiger partial charge on any atom is -0.467 e. The van der Waals surface area contributed by atoms with E-state index < -0.39 is 29.0 Å². The molecule has 0 aliphatic carbocycles. The SMILES string of the molecule is COC(=O)C(Cc1ccc(Oc2ccc(CC3SC(=O)NC3=O)cc2)cc1)N(C(=O)OC(C)(C)C)c1ccccc1. The second-order valence-electron chi connectivity index (χ2n) is 10.4. The molecule has 1 fully saturated rings. The summed E-state index contributed by atoms with van der Waals surface area (Å²) in [5.41, 5.74) is 1.45. The second-order valence-corrected chi connectivity index (χ2v) is 11.6. The highest BCUT2D eigenvalue weighted by Crippen LogP contribution is 2.27. The second kappa shape index (κ2) is 12.9. The standard InChI is InChI=1S/C31H32N2O7S/c1-31(2,3)40-30(37)33(22-8-6-5-7-9-22)25(28(35)38-4)18-20-10-14-23(15-11-20)39-24-16-12-21(13-17-24)19-26-27(34)32-29(36)41-26/h5-17,25-26H,18-19H2,1-4H3,(H,32,34,36). The summed E-state index contributed by atoms with van der Waals surface area (Å²) in [4.78, 5) is 50.7. The number of para-hydroxylation sites is 1. The summed E-state index contributed by atoms with van der Waals surface area (Å²) in [6, 6.07) is 22.4. The number of esters is 1. The minimum absolute atomic E-state index is 0.186. The number of carbonyl (C=O) groups is 4. The Hall–Kier alpha value is -4.31. The molecule has 1 aliphatic rings. The number of thioether (sulfide) groups is 1. The fraction of sp³-hybridized carbons (Fsp3) is 0.290. The number of imide groups is 1. The number of carbonyl (C=O) groups excluding carboxylic acids is 4. The van der Waals surface area contributed by atoms with Crippen LogP contribution in [0.15, 0.2) is 78.9 Å². The summed E-state index contributed by atoms with van der Waals surface area (Å²) in [7, 11) is 1.29. The Bertz CT molecular complexity index is 1390. The molecule has 1 aliphatic heterocycles. The molecule has 4 rings (SSSR count). The fourth-order valence-corrected chi connectivity index (χ4v) is 5.08. The third-order valence-electron chi connectivity index (χ3n) is 6.11. The number of nitrogens with one attached hydrogen (secondary N) is 1. The number of amides is 3. The maximum atomic E-state index is 13.3. The summed E-state index contributed by atoms with van der Waals surface area (Å²) >= 11 is 0.999. The van der Waals surface area contributed by atoms with Gasteiger partial charge in [0.05, 0.1) is 12.4 Å². The number of anilines is 1. The van der Waals surface area contributed by atoms with Gasteiger partial charge >= 0.3 is 12.1 Å². The first-order valence-corrected chi connectivity index (χ1v) is 13.9. The van der Waals surface area contributed by atoms with Crippen molar-refractivity contribution in [2.75, 3.05) is 12.0 Å². The molecule has 2 atom stereocenters. The molecule has 0 spiro atoms. The van der Waals surface area contributed by atoms with Crippen LogP contribution in [0, 0.1) is 0 Å². The van der Waals surface area contributed by atoms with Gasteiger partial charge < -0.3 is 14.2 Å². The lowest BCUT2D eigenvalue weighted by atomic mass is 10.0. The van der Waals surface area contributed by atoms with Crippen molar-refractivity contribution in [3.63, 3.8) is 0 Å². The van der Waals surface area contributed by atoms with E-state index in [0.717, 1.165) is 22.9 Å². The van der Waals surface area contributed by atoms with E-state index in [-0.39, 0.29) is 17.6 Å². The molecule has 214 valence electrons. The van der Waals surface area contributed by atoms with Crippen molar-refractivity contribution in [2.24, 2.45) is 0 Å². The first-order valence-electron chi connectivity index (χ1n) is 13.0. The van der Waals surface area contributed by atoms with Crippen LogP contribution < -0.4 is 15.0 Å². The van der Waals surface area contributed by atoms with E-state index in [9.17, 15) is 19.2 Å². The molecule has 1 heterocycles. The van der Waals surface area contributed by atoms with Crippen LogP contribution in [-0.2, 0) is 31.9 Å². The Morgan fingerprint density at radius 2 is 1.49 bits per heavy atom. The lowest BCUT2D eigenvalue weighted by Gasteiger charge is -2.32. The monoisotopic (exact) mass is 576 g/mol. The topological polar surface area (TPSA) is 111 Å². The van der Waals surface area contributed by atoms with Crippen molar-refractivity contribution in [1.29, 1.82) is 0 Å². The number of methoxy groups -OCH3 is 1. The van der Waals surface area contributed by atoms with Crippen molar-refractivity contribution >= 4 is 40.7 Å². The van der Waals surface area contributed by atoms with Gasteiger partial charge in [-0.1, -0.05) is 54.2 Å². The van der Waals surface area contributed by atoms with Gasteiger partial charge in [-0.15, -0.1) is 0 Å². The number of ether oxygens (including phenoxy) is 3. The lowest BCUT2D eigenvalue weighted by Crippen LogP contribution is -2.49. The Kier molecular flexibility index (Phi) is 9.34. The van der Waals surface area contributed by atoms with Crippen LogP contribution in [0.25, 0.3) is 0 Å². The normalized spacial score (nSPS) is 15.6. The number of benzene rings is 3. The highest BCUT2D eigenvalue weighted by molar-refractivity contribution is 8.15. The summed E-state index contributed by atoms with van der Waals surface area (Å²) in [5, 5.41) is 1.55. The molecule has 3 amide bonds. The van der Waals surface area contributed by atoms with Gasteiger partial charge in [-0.3, -0.25) is 19.8 Å². The van der Waals surface area contributed by atoms with E-state index in [1.165, 1.54) is 12.0 Å². The molecule has 0 bridgehead atoms. The molecule has 41 heavy (non-hydrogen) atoms. The Morgan fingerprint density at radius 3 is 2.00 bits per heavy atom. The van der Waals surface area contributed by atoms with Crippen LogP contribution in [0.3, 0.4) is 0 Å². The van der Waals surface area contributed by atoms with Crippen LogP contribution in [0.2, 0.25) is 0 Å². The predicted octanol–water partition coefficient (Wildman–Crippen LogP) is 5.90. The van der Waals surface area contributed by atoms with Gasteiger partial charge in [-0.05, 0) is 74.7 Å². The van der Waals surface area contributed by atoms with Crippen molar-refractivity contribution in [3.8, 4) is 11.5 Å². The zero-order chi connectivity index (χ0) is 29.6. The van der Waals surface area contributed by atoms with Crippen molar-refractivity contribution < 1.29 is 33.4 Å². The van der Waals surface area contributed by atoms with E-state index in [0.29, 0.717) is 23.6 Å². The Labute approximate surface area is 243 Å². The van der Waals surface area contributed by atoms with Gasteiger partial charge in [-0.2, -0.15) is 0 Å². The largest absolute Gasteiger partial charge is 0.467 e. The maximum absolute atomic E-state index is 13.3. The highest BCUT2D eigenvalue weighted by Gasteiger charge is 2.35. The predicted molar refractivity (Wildman–Crippen MR) is 156 cm³/mol. The fourth-order valence-electron chi connectivity index (χ4n) is 4.22.